The molecule has 5 heteroatoms. The zero-order chi connectivity index (χ0) is 0. The average molecular weight is 46.1 g/mol. The van der Waals surface area contributed by atoms with E-state index in [1.807, 2.05) is 0 Å². The monoisotopic (exact) mass is 46.1 g/mol. The van der Waals surface area contributed by atoms with Crippen LogP contribution in [0.3, 0.4) is 0 Å². The molecule has 6 N–H and O–H groups in total. The van der Waals surface area contributed by atoms with E-state index in [2.05, 4.69) is 0 Å². The fraction of sp³-hybridized carbons (Fsp3) is 0. The second kappa shape index (κ2) is 205. The summed E-state index contributed by atoms with van der Waals surface area (Å²) in [6.45, 7) is 0. The zero-order valence-corrected chi connectivity index (χ0v) is 3.54. The molecule has 0 saturated carbocycles. The van der Waals surface area contributed by atoms with Crippen molar-refractivity contribution in [3.8, 4) is 0 Å². The topological polar surface area (TPSA) is 70.0 Å². The van der Waals surface area contributed by atoms with Gasteiger partial charge in [-0.15, -0.1) is 0 Å². The van der Waals surface area contributed by atoms with Crippen LogP contribution in [0.4, 0.5) is 0 Å². The molecule has 0 aliphatic rings. The molecule has 0 unspecified atom stereocenters. The minimum atomic E-state index is 0. The molecule has 0 fully saturated rings. The van der Waals surface area contributed by atoms with Crippen LogP contribution < -0.4 is 12.3 Å². The molecule has 0 aliphatic heterocycles. The summed E-state index contributed by atoms with van der Waals surface area (Å²) in [6.07, 6.45) is 0. The van der Waals surface area contributed by atoms with Crippen molar-refractivity contribution >= 4 is 0 Å². The van der Waals surface area contributed by atoms with Gasteiger partial charge in [0, 0.05) is 18.5 Å². The Morgan fingerprint density at radius 1 is 0.400 bits per heavy atom. The van der Waals surface area contributed by atoms with Gasteiger partial charge >= 0.3 is 0 Å². The summed E-state index contributed by atoms with van der Waals surface area (Å²) < 4.78 is 0. The maximum absolute atomic E-state index is 0. The van der Waals surface area contributed by atoms with E-state index in [0.717, 1.165) is 0 Å². The Hall–Kier alpha value is -0.353. The van der Waals surface area contributed by atoms with Gasteiger partial charge in [0.15, 0.2) is 0 Å². The first-order valence-electron chi connectivity index (χ1n) is 0. The first kappa shape index (κ1) is 497. The van der Waals surface area contributed by atoms with Gasteiger partial charge in [0.05, 0.1) is 0 Å². The molecule has 2 nitrogen and oxygen atoms in total. The average Bonchev–Trinajstić information content (AvgIpc) is 0. The fourth-order valence-electron chi connectivity index (χ4n) is 0. The van der Waals surface area contributed by atoms with Crippen molar-refractivity contribution in [3.05, 3.63) is 0 Å². The smallest absolute Gasteiger partial charge is 0 e. The minimum absolute atomic E-state index is 0. The molecule has 0 radical (unpaired) electrons. The fourth-order valence-corrected chi connectivity index (χ4v) is 0. The summed E-state index contributed by atoms with van der Waals surface area (Å²) in [6, 6.07) is 0. The Morgan fingerprint density at radius 3 is 0.400 bits per heavy atom. The Balaban J connectivity index is 0. The Bertz CT molecular complexity index is 4.85. The van der Waals surface area contributed by atoms with E-state index >= 15 is 0 Å². The molecular weight excluding hydrogens is 40.0 g/mol. The predicted octanol–water partition coefficient (Wildman–Crippen LogP) is 0.324. The number of hydrogen-bond donors (Lipinski definition) is 2. The number of hydrogen-bond acceptors (Lipinski definition) is 2. The van der Waals surface area contributed by atoms with Crippen LogP contribution >= 0.6 is 0 Å². The molecule has 0 aromatic heterocycles. The molecule has 0 heterocycles. The van der Waals surface area contributed by atoms with Gasteiger partial charge < -0.3 is 12.3 Å². The van der Waals surface area contributed by atoms with Crippen molar-refractivity contribution in [1.82, 2.24) is 12.3 Å². The van der Waals surface area contributed by atoms with Crippen molar-refractivity contribution in [1.29, 1.82) is 0 Å². The van der Waals surface area contributed by atoms with Crippen LogP contribution in [0.5, 0.6) is 0 Å². The van der Waals surface area contributed by atoms with Crippen molar-refractivity contribution in [2.45, 2.75) is 0 Å². The summed E-state index contributed by atoms with van der Waals surface area (Å²) in [5, 5.41) is 0. The van der Waals surface area contributed by atoms with Gasteiger partial charge in [-0.25, -0.2) is 0 Å². The van der Waals surface area contributed by atoms with Crippen molar-refractivity contribution < 1.29 is 18.5 Å². The van der Waals surface area contributed by atoms with Gasteiger partial charge in [0.25, 0.3) is 0 Å². The first-order valence-corrected chi connectivity index (χ1v) is 0. The largest absolute Gasteiger partial charge is 0.344 e. The van der Waals surface area contributed by atoms with Crippen LogP contribution in [-0.4, -0.2) is 0 Å². The van der Waals surface area contributed by atoms with E-state index in [1.54, 1.807) is 0 Å². The van der Waals surface area contributed by atoms with Crippen LogP contribution in [0, 0.1) is 18.5 Å². The van der Waals surface area contributed by atoms with E-state index in [4.69, 9.17) is 0 Å². The SMILES string of the molecule is N.N.[He].[He].[He]. The van der Waals surface area contributed by atoms with E-state index in [9.17, 15) is 0 Å². The van der Waals surface area contributed by atoms with E-state index in [-0.39, 0.29) is 30.8 Å². The normalized spacial score (nSPS) is 0. The molecule has 0 aromatic carbocycles. The maximum atomic E-state index is 0. The van der Waals surface area contributed by atoms with Crippen molar-refractivity contribution in [3.63, 3.8) is 0 Å². The molecule has 0 rings (SSSR count). The van der Waals surface area contributed by atoms with Crippen LogP contribution in [0.1, 0.15) is 0 Å². The molecular formula is H6He3N2. The molecule has 0 aromatic rings. The van der Waals surface area contributed by atoms with Gasteiger partial charge in [-0.3, -0.25) is 0 Å². The van der Waals surface area contributed by atoms with Gasteiger partial charge in [0.1, 0.15) is 0 Å². The minimum Gasteiger partial charge on any atom is -0.344 e. The molecule has 0 spiro atoms. The quantitative estimate of drug-likeness (QED) is 0.412. The standard InChI is InChI=1S/3He.2H3N/h;;;2*1H3. The maximum Gasteiger partial charge on any atom is 0 e. The van der Waals surface area contributed by atoms with Crippen LogP contribution in [0.25, 0.3) is 0 Å². The van der Waals surface area contributed by atoms with E-state index < -0.39 is 0 Å². The molecule has 0 saturated heterocycles. The molecule has 0 atom stereocenters. The summed E-state index contributed by atoms with van der Waals surface area (Å²) in [5.41, 5.74) is 0. The van der Waals surface area contributed by atoms with Gasteiger partial charge in [-0.05, 0) is 0 Å². The second-order valence-corrected chi connectivity index (χ2v) is 0. The Morgan fingerprint density at radius 2 is 0.400 bits per heavy atom. The third kappa shape index (κ3) is 79.5. The zero-order valence-electron chi connectivity index (χ0n) is 3.54. The van der Waals surface area contributed by atoms with E-state index in [1.165, 1.54) is 0 Å². The van der Waals surface area contributed by atoms with Gasteiger partial charge in [0.2, 0.25) is 0 Å². The van der Waals surface area contributed by atoms with Crippen LogP contribution in [0.2, 0.25) is 0 Å². The molecule has 0 amide bonds. The molecule has 22 valence electrons. The molecule has 0 bridgehead atoms. The number of rotatable bonds is 0. The first-order chi connectivity index (χ1) is 0. The van der Waals surface area contributed by atoms with Crippen molar-refractivity contribution in [2.75, 3.05) is 0 Å². The predicted molar refractivity (Wildman–Crippen MR) is 10.0 cm³/mol. The third-order valence-electron chi connectivity index (χ3n) is 0. The van der Waals surface area contributed by atoms with E-state index in [0.29, 0.717) is 0 Å². The Labute approximate surface area is 32.0 Å². The second-order valence-electron chi connectivity index (χ2n) is 0. The summed E-state index contributed by atoms with van der Waals surface area (Å²) in [5.74, 6) is 0. The Kier molecular flexibility index (Phi) is 20400. The van der Waals surface area contributed by atoms with Gasteiger partial charge in [-0.1, -0.05) is 0 Å². The summed E-state index contributed by atoms with van der Waals surface area (Å²) in [4.78, 5) is 0. The third-order valence-corrected chi connectivity index (χ3v) is 0. The van der Waals surface area contributed by atoms with Gasteiger partial charge in [-0.2, -0.15) is 0 Å². The van der Waals surface area contributed by atoms with Crippen LogP contribution in [0.15, 0.2) is 0 Å². The van der Waals surface area contributed by atoms with Crippen molar-refractivity contribution in [2.24, 2.45) is 0 Å². The molecule has 5 heavy (non-hydrogen) atoms. The van der Waals surface area contributed by atoms with Crippen LogP contribution in [-0.2, 0) is 0 Å². The summed E-state index contributed by atoms with van der Waals surface area (Å²) >= 11 is 0. The molecule has 0 aliphatic carbocycles. The summed E-state index contributed by atoms with van der Waals surface area (Å²) in [7, 11) is 0.